The van der Waals surface area contributed by atoms with Gasteiger partial charge in [-0.3, -0.25) is 0 Å². The molecule has 758 valence electrons. The molecule has 2 aromatic rings. The summed E-state index contributed by atoms with van der Waals surface area (Å²) in [6.45, 7) is 123. The Morgan fingerprint density at radius 2 is 0.496 bits per heavy atom. The van der Waals surface area contributed by atoms with Crippen LogP contribution in [0.2, 0.25) is 332 Å². The lowest BCUT2D eigenvalue weighted by Crippen LogP contribution is -2.71. The maximum atomic E-state index is 11.5. The standard InChI is InChI=1S/C22H44O7Si3.C20H34O3Si4.C17H38O4Si3.C10H30O3Si4.C9H28O3Si4.C8H24O2Si3/c1-19(2)21(23)26-14-12-18-31(7,8)29-32(9,10)28-30(5,6)17-11-13-25-15-16-27-22(24)20(3)4;1-24(2,3)21-26(7,8)23-27(22-25(4,5)6,19-15-11-9-12-16-19)20-17-13-10-14-18-20;1-10-11-14-22(4,5)20-24(8,9)21-23(6,7)15-12-13-19-17(18)16(2)3;1-14(2,3)11-16(7,8)13-17(9,10)12-15(4,5)6;1-13(10-14(2,3)4)11-16(8,9)12-15(5,6)7;1-11(2,3)9-13(7,8)10-12(4,5)6/h1,3,11-18H2,2,4-10H3;9-18H,1-8H3;2,10-15H2,1,3-9H3;1-10H3;13H,1-9H3;1-8H3. The van der Waals surface area contributed by atoms with Crippen LogP contribution < -0.4 is 10.4 Å². The topological polar surface area (TPSA) is 227 Å². The van der Waals surface area contributed by atoms with Crippen LogP contribution in [0.25, 0.3) is 0 Å². The number of benzene rings is 2. The lowest BCUT2D eigenvalue weighted by Gasteiger charge is -2.43. The van der Waals surface area contributed by atoms with Crippen molar-refractivity contribution in [2.75, 3.05) is 33.0 Å². The summed E-state index contributed by atoms with van der Waals surface area (Å²) < 4.78 is 117. The average Bonchev–Trinajstić information content (AvgIpc) is 0.755. The van der Waals surface area contributed by atoms with Gasteiger partial charge in [0.1, 0.15) is 6.61 Å². The molecule has 2 aromatic carbocycles. The summed E-state index contributed by atoms with van der Waals surface area (Å²) in [6, 6.07) is 25.0. The zero-order valence-corrected chi connectivity index (χ0v) is 114. The molecule has 1 atom stereocenters. The van der Waals surface area contributed by atoms with Gasteiger partial charge in [0.05, 0.1) is 19.8 Å². The van der Waals surface area contributed by atoms with Crippen LogP contribution in [0, 0.1) is 0 Å². The molecule has 0 spiro atoms. The fourth-order valence-electron chi connectivity index (χ4n) is 14.7. The Labute approximate surface area is 815 Å². The first-order chi connectivity index (χ1) is 57.0. The summed E-state index contributed by atoms with van der Waals surface area (Å²) in [6.07, 6.45) is 4.96. The van der Waals surface area contributed by atoms with E-state index in [4.69, 9.17) is 80.7 Å². The second kappa shape index (κ2) is 57.2. The molecule has 0 saturated carbocycles. The third-order valence-corrected chi connectivity index (χ3v) is 86.0. The van der Waals surface area contributed by atoms with Crippen LogP contribution in [0.5, 0.6) is 0 Å². The van der Waals surface area contributed by atoms with Gasteiger partial charge >= 0.3 is 86.4 Å². The van der Waals surface area contributed by atoms with Crippen LogP contribution in [0.3, 0.4) is 0 Å². The van der Waals surface area contributed by atoms with Gasteiger partial charge in [-0.25, -0.2) is 14.4 Å². The zero-order valence-electron chi connectivity index (χ0n) is 92.4. The first-order valence-electron chi connectivity index (χ1n) is 46.7. The van der Waals surface area contributed by atoms with Gasteiger partial charge in [-0.2, -0.15) is 0 Å². The van der Waals surface area contributed by atoms with E-state index >= 15 is 0 Å². The summed E-state index contributed by atoms with van der Waals surface area (Å²) >= 11 is 0. The molecule has 0 heterocycles. The van der Waals surface area contributed by atoms with Crippen LogP contribution in [-0.2, 0) is 95.1 Å². The first-order valence-corrected chi connectivity index (χ1v) is 110. The van der Waals surface area contributed by atoms with Crippen molar-refractivity contribution >= 4 is 206 Å². The van der Waals surface area contributed by atoms with Crippen molar-refractivity contribution in [3.8, 4) is 0 Å². The Kier molecular flexibility index (Phi) is 59.9. The smallest absolute Gasteiger partial charge is 0.388 e. The second-order valence-corrected chi connectivity index (χ2v) is 132. The summed E-state index contributed by atoms with van der Waals surface area (Å²) in [5.41, 5.74) is 1.26. The number of hydrogen-bond donors (Lipinski definition) is 0. The maximum Gasteiger partial charge on any atom is 0.388 e. The number of esters is 3. The fourth-order valence-corrected chi connectivity index (χ4v) is 104. The molecule has 0 amide bonds. The Hall–Kier alpha value is -0.0155. The molecule has 1 unspecified atom stereocenters. The second-order valence-electron chi connectivity index (χ2n) is 47.0. The monoisotopic (exact) mass is 2170 g/mol. The largest absolute Gasteiger partial charge is 0.462 e. The Balaban J connectivity index is -0.000000745. The molecule has 43 heteroatoms. The zero-order chi connectivity index (χ0) is 103. The van der Waals surface area contributed by atoms with E-state index in [1.54, 1.807) is 20.8 Å². The van der Waals surface area contributed by atoms with E-state index in [9.17, 15) is 14.4 Å². The van der Waals surface area contributed by atoms with E-state index in [-0.39, 0.29) is 24.5 Å². The Bertz CT molecular complexity index is 3470. The Morgan fingerprint density at radius 1 is 0.264 bits per heavy atom. The number of unbranched alkanes of at least 4 members (excludes halogenated alkanes) is 1. The molecular weight excluding hydrogens is 1970 g/mol. The van der Waals surface area contributed by atoms with Crippen molar-refractivity contribution in [2.45, 2.75) is 392 Å². The van der Waals surface area contributed by atoms with Crippen LogP contribution in [0.1, 0.15) is 59.8 Å². The minimum absolute atomic E-state index is 0.239. The van der Waals surface area contributed by atoms with Crippen molar-refractivity contribution < 1.29 is 95.1 Å². The van der Waals surface area contributed by atoms with Gasteiger partial charge in [-0.15, -0.1) is 0 Å². The van der Waals surface area contributed by atoms with Gasteiger partial charge in [-0.05, 0) is 382 Å². The van der Waals surface area contributed by atoms with E-state index in [0.29, 0.717) is 43.1 Å². The molecule has 22 nitrogen and oxygen atoms in total. The number of carbonyl (C=O) groups is 3. The summed E-state index contributed by atoms with van der Waals surface area (Å²) in [5.74, 6) is -1.03. The third kappa shape index (κ3) is 79.4. The summed E-state index contributed by atoms with van der Waals surface area (Å²) in [5, 5.41) is 2.30. The first kappa shape index (κ1) is 135. The molecule has 0 aliphatic carbocycles. The Morgan fingerprint density at radius 3 is 0.752 bits per heavy atom. The lowest BCUT2D eigenvalue weighted by molar-refractivity contribution is -0.140. The normalized spacial score (nSPS) is 13.9. The van der Waals surface area contributed by atoms with Crippen LogP contribution in [0.15, 0.2) is 97.1 Å². The van der Waals surface area contributed by atoms with E-state index in [0.717, 1.165) is 47.8 Å². The average molecular weight is 2170 g/mol. The van der Waals surface area contributed by atoms with E-state index in [2.05, 4.69) is 383 Å². The van der Waals surface area contributed by atoms with Crippen LogP contribution >= 0.6 is 0 Å². The maximum absolute atomic E-state index is 11.5. The molecule has 0 aromatic heterocycles. The third-order valence-electron chi connectivity index (χ3n) is 16.0. The molecule has 129 heavy (non-hydrogen) atoms. The summed E-state index contributed by atoms with van der Waals surface area (Å²) in [4.78, 5) is 34.2. The molecule has 0 bridgehead atoms. The quantitative estimate of drug-likeness (QED) is 0.0197. The van der Waals surface area contributed by atoms with Gasteiger partial charge < -0.3 is 80.7 Å². The van der Waals surface area contributed by atoms with Gasteiger partial charge in [0.25, 0.3) is 9.28 Å². The van der Waals surface area contributed by atoms with Crippen LogP contribution in [0.4, 0.5) is 0 Å². The highest BCUT2D eigenvalue weighted by atomic mass is 28.5. The van der Waals surface area contributed by atoms with Gasteiger partial charge in [0, 0.05) is 23.3 Å². The lowest BCUT2D eigenvalue weighted by atomic mass is 10.4. The molecule has 0 aliphatic rings. The molecule has 0 saturated heterocycles. The SMILES string of the molecule is C=C(C)C(=O)OCCC[Si](C)(C)O[Si](C)(C)O[Si](C)(C)CCCC.C=C(C)C(=O)OCCC[Si](C)(C)O[Si](C)(C)O[Si](C)(C)CCCOCCOC(=O)C(=C)C.C[SiH](O[Si](C)(C)C)O[Si](C)(C)O[Si](C)(C)C.C[Si](C)(C)O[Si](C)(C)O[Si](C)(C)C.C[Si](C)(C)O[Si](C)(C)O[Si](C)(C)O[Si](C)(C)C.C[Si](C)(C)O[Si](C)(C)O[Si](O[Si](C)(C)C)(c1ccccc1)c1ccccc1. The van der Waals surface area contributed by atoms with Crippen molar-refractivity contribution in [1.29, 1.82) is 0 Å². The van der Waals surface area contributed by atoms with E-state index in [1.807, 2.05) is 12.1 Å². The molecular formula is C86H198O22Si21. The minimum atomic E-state index is -2.90. The molecule has 2 rings (SSSR count). The summed E-state index contributed by atoms with van der Waals surface area (Å²) in [7, 11) is -39.0. The van der Waals surface area contributed by atoms with Gasteiger partial charge in [0.15, 0.2) is 99.8 Å². The van der Waals surface area contributed by atoms with E-state index in [1.165, 1.54) is 18.9 Å². The molecule has 0 radical (unpaired) electrons. The van der Waals surface area contributed by atoms with Crippen LogP contribution in [-0.4, -0.2) is 229 Å². The van der Waals surface area contributed by atoms with Crippen molar-refractivity contribution in [3.63, 3.8) is 0 Å². The number of carbonyl (C=O) groups excluding carboxylic acids is 3. The number of rotatable bonds is 53. The molecule has 0 aliphatic heterocycles. The highest BCUT2D eigenvalue weighted by molar-refractivity contribution is 7.02. The fraction of sp³-hybridized carbons (Fsp3) is 0.756. The van der Waals surface area contributed by atoms with Crippen molar-refractivity contribution in [2.24, 2.45) is 0 Å². The van der Waals surface area contributed by atoms with Crippen molar-refractivity contribution in [3.05, 3.63) is 97.1 Å². The minimum Gasteiger partial charge on any atom is -0.462 e. The molecule has 0 N–H and O–H groups in total. The van der Waals surface area contributed by atoms with Gasteiger partial charge in [-0.1, -0.05) is 100 Å². The van der Waals surface area contributed by atoms with Gasteiger partial charge in [0.2, 0.25) is 0 Å². The predicted molar refractivity (Wildman–Crippen MR) is 602 cm³/mol. The predicted octanol–water partition coefficient (Wildman–Crippen LogP) is 26.0. The number of hydrogen-bond acceptors (Lipinski definition) is 22. The highest BCUT2D eigenvalue weighted by Crippen LogP contribution is 2.32. The number of ether oxygens (including phenoxy) is 4. The van der Waals surface area contributed by atoms with Crippen molar-refractivity contribution in [1.82, 2.24) is 0 Å². The molecule has 0 fully saturated rings. The highest BCUT2D eigenvalue weighted by Gasteiger charge is 2.52. The van der Waals surface area contributed by atoms with E-state index < -0.39 is 178 Å².